The molecule has 1 nitrogen and oxygen atoms in total. The molecule has 1 aromatic carbocycles. The molecule has 0 aliphatic carbocycles. The van der Waals surface area contributed by atoms with E-state index in [9.17, 15) is 0 Å². The van der Waals surface area contributed by atoms with Gasteiger partial charge >= 0.3 is 0 Å². The minimum atomic E-state index is 0.314. The molecule has 1 aromatic rings. The van der Waals surface area contributed by atoms with Crippen LogP contribution in [-0.4, -0.2) is 7.11 Å². The molecule has 0 aliphatic rings. The van der Waals surface area contributed by atoms with E-state index in [1.165, 1.54) is 5.56 Å². The van der Waals surface area contributed by atoms with Gasteiger partial charge in [0.15, 0.2) is 0 Å². The second-order valence-electron chi connectivity index (χ2n) is 5.13. The van der Waals surface area contributed by atoms with E-state index < -0.39 is 0 Å². The van der Waals surface area contributed by atoms with Crippen LogP contribution in [0.2, 0.25) is 0 Å². The molecule has 0 fully saturated rings. The molecule has 0 unspecified atom stereocenters. The highest BCUT2D eigenvalue weighted by atomic mass is 16.5. The lowest BCUT2D eigenvalue weighted by Gasteiger charge is -2.29. The van der Waals surface area contributed by atoms with Crippen molar-refractivity contribution in [2.24, 2.45) is 11.3 Å². The third-order valence-corrected chi connectivity index (χ3v) is 3.40. The third-order valence-electron chi connectivity index (χ3n) is 3.40. The molecule has 0 amide bonds. The minimum Gasteiger partial charge on any atom is -0.496 e. The number of para-hydroxylation sites is 1. The first-order valence-electron chi connectivity index (χ1n) is 5.59. The summed E-state index contributed by atoms with van der Waals surface area (Å²) in [7, 11) is 1.74. The second kappa shape index (κ2) is 4.69. The summed E-state index contributed by atoms with van der Waals surface area (Å²) in [5, 5.41) is 0. The Hall–Kier alpha value is -0.980. The second-order valence-corrected chi connectivity index (χ2v) is 5.13. The van der Waals surface area contributed by atoms with E-state index in [2.05, 4.69) is 39.8 Å². The van der Waals surface area contributed by atoms with Crippen LogP contribution >= 0.6 is 0 Å². The Morgan fingerprint density at radius 2 is 1.80 bits per heavy atom. The molecule has 15 heavy (non-hydrogen) atoms. The first-order valence-corrected chi connectivity index (χ1v) is 5.59. The van der Waals surface area contributed by atoms with Gasteiger partial charge in [-0.1, -0.05) is 45.9 Å². The lowest BCUT2D eigenvalue weighted by atomic mass is 9.76. The number of rotatable bonds is 4. The molecule has 0 radical (unpaired) electrons. The fourth-order valence-electron chi connectivity index (χ4n) is 1.54. The molecule has 84 valence electrons. The monoisotopic (exact) mass is 206 g/mol. The molecule has 1 rings (SSSR count). The van der Waals surface area contributed by atoms with E-state index >= 15 is 0 Å². The molecule has 0 N–H and O–H groups in total. The predicted molar refractivity (Wildman–Crippen MR) is 65.3 cm³/mol. The number of hydrogen-bond donors (Lipinski definition) is 0. The standard InChI is InChI=1S/C14H22O/c1-11(2)14(3,4)10-12-8-6-7-9-13(12)15-5/h6-9,11H,10H2,1-5H3. The average Bonchev–Trinajstić information content (AvgIpc) is 2.18. The summed E-state index contributed by atoms with van der Waals surface area (Å²) < 4.78 is 5.37. The van der Waals surface area contributed by atoms with Crippen molar-refractivity contribution in [3.63, 3.8) is 0 Å². The van der Waals surface area contributed by atoms with E-state index in [0.29, 0.717) is 11.3 Å². The normalized spacial score (nSPS) is 11.9. The zero-order valence-electron chi connectivity index (χ0n) is 10.5. The SMILES string of the molecule is COc1ccccc1CC(C)(C)C(C)C. The van der Waals surface area contributed by atoms with Gasteiger partial charge in [0, 0.05) is 0 Å². The highest BCUT2D eigenvalue weighted by molar-refractivity contribution is 5.33. The molecule has 1 heteroatoms. The van der Waals surface area contributed by atoms with Crippen molar-refractivity contribution in [1.82, 2.24) is 0 Å². The van der Waals surface area contributed by atoms with Crippen LogP contribution in [0.4, 0.5) is 0 Å². The Bertz CT molecular complexity index is 313. The number of methoxy groups -OCH3 is 1. The third kappa shape index (κ3) is 2.98. The van der Waals surface area contributed by atoms with Crippen LogP contribution < -0.4 is 4.74 Å². The van der Waals surface area contributed by atoms with Gasteiger partial charge in [0.25, 0.3) is 0 Å². The lowest BCUT2D eigenvalue weighted by molar-refractivity contribution is 0.245. The summed E-state index contributed by atoms with van der Waals surface area (Å²) in [6.07, 6.45) is 1.06. The molecular formula is C14H22O. The topological polar surface area (TPSA) is 9.23 Å². The summed E-state index contributed by atoms with van der Waals surface area (Å²) >= 11 is 0. The van der Waals surface area contributed by atoms with Gasteiger partial charge in [-0.25, -0.2) is 0 Å². The van der Waals surface area contributed by atoms with Crippen LogP contribution in [0.25, 0.3) is 0 Å². The number of ether oxygens (including phenoxy) is 1. The molecule has 0 aliphatic heterocycles. The molecule has 0 heterocycles. The van der Waals surface area contributed by atoms with Gasteiger partial charge in [0.05, 0.1) is 7.11 Å². The summed E-state index contributed by atoms with van der Waals surface area (Å²) in [6.45, 7) is 9.17. The van der Waals surface area contributed by atoms with Crippen molar-refractivity contribution in [1.29, 1.82) is 0 Å². The Morgan fingerprint density at radius 3 is 2.33 bits per heavy atom. The van der Waals surface area contributed by atoms with Gasteiger partial charge in [-0.05, 0) is 29.4 Å². The maximum Gasteiger partial charge on any atom is 0.122 e. The number of hydrogen-bond acceptors (Lipinski definition) is 1. The molecule has 0 aromatic heterocycles. The van der Waals surface area contributed by atoms with E-state index in [4.69, 9.17) is 4.74 Å². The Balaban J connectivity index is 2.89. The lowest BCUT2D eigenvalue weighted by Crippen LogP contribution is -2.22. The zero-order chi connectivity index (χ0) is 11.5. The molecule has 0 saturated carbocycles. The van der Waals surface area contributed by atoms with Crippen molar-refractivity contribution in [3.05, 3.63) is 29.8 Å². The first kappa shape index (κ1) is 12.1. The van der Waals surface area contributed by atoms with Crippen LogP contribution in [-0.2, 0) is 6.42 Å². The van der Waals surface area contributed by atoms with Crippen LogP contribution in [0.3, 0.4) is 0 Å². The fourth-order valence-corrected chi connectivity index (χ4v) is 1.54. The molecule has 0 atom stereocenters. The van der Waals surface area contributed by atoms with E-state index in [0.717, 1.165) is 12.2 Å². The summed E-state index contributed by atoms with van der Waals surface area (Å²) in [5.74, 6) is 1.67. The van der Waals surface area contributed by atoms with Crippen molar-refractivity contribution in [2.45, 2.75) is 34.1 Å². The van der Waals surface area contributed by atoms with E-state index in [1.54, 1.807) is 7.11 Å². The molecule has 0 spiro atoms. The zero-order valence-corrected chi connectivity index (χ0v) is 10.5. The van der Waals surface area contributed by atoms with Crippen LogP contribution in [0.5, 0.6) is 5.75 Å². The Morgan fingerprint density at radius 1 is 1.20 bits per heavy atom. The van der Waals surface area contributed by atoms with Gasteiger partial charge < -0.3 is 4.74 Å². The minimum absolute atomic E-state index is 0.314. The first-order chi connectivity index (χ1) is 6.97. The van der Waals surface area contributed by atoms with Gasteiger partial charge in [-0.2, -0.15) is 0 Å². The maximum atomic E-state index is 5.37. The van der Waals surface area contributed by atoms with E-state index in [1.807, 2.05) is 12.1 Å². The van der Waals surface area contributed by atoms with Gasteiger partial charge in [-0.15, -0.1) is 0 Å². The van der Waals surface area contributed by atoms with Gasteiger partial charge in [0.2, 0.25) is 0 Å². The summed E-state index contributed by atoms with van der Waals surface area (Å²) in [4.78, 5) is 0. The van der Waals surface area contributed by atoms with Crippen LogP contribution in [0, 0.1) is 11.3 Å². The van der Waals surface area contributed by atoms with Gasteiger partial charge in [-0.3, -0.25) is 0 Å². The van der Waals surface area contributed by atoms with Crippen molar-refractivity contribution in [2.75, 3.05) is 7.11 Å². The highest BCUT2D eigenvalue weighted by Gasteiger charge is 2.23. The average molecular weight is 206 g/mol. The Kier molecular flexibility index (Phi) is 3.78. The van der Waals surface area contributed by atoms with Crippen molar-refractivity contribution >= 4 is 0 Å². The predicted octanol–water partition coefficient (Wildman–Crippen LogP) is 3.92. The molecule has 0 saturated heterocycles. The summed E-state index contributed by atoms with van der Waals surface area (Å²) in [5.41, 5.74) is 1.62. The summed E-state index contributed by atoms with van der Waals surface area (Å²) in [6, 6.07) is 8.29. The molecule has 0 bridgehead atoms. The maximum absolute atomic E-state index is 5.37. The largest absolute Gasteiger partial charge is 0.496 e. The quantitative estimate of drug-likeness (QED) is 0.725. The molecular weight excluding hydrogens is 184 g/mol. The smallest absolute Gasteiger partial charge is 0.122 e. The van der Waals surface area contributed by atoms with Crippen LogP contribution in [0.1, 0.15) is 33.3 Å². The number of benzene rings is 1. The van der Waals surface area contributed by atoms with Gasteiger partial charge in [0.1, 0.15) is 5.75 Å². The van der Waals surface area contributed by atoms with Crippen LogP contribution in [0.15, 0.2) is 24.3 Å². The Labute approximate surface area is 93.5 Å². The van der Waals surface area contributed by atoms with E-state index in [-0.39, 0.29) is 0 Å². The van der Waals surface area contributed by atoms with Crippen molar-refractivity contribution in [3.8, 4) is 5.75 Å². The highest BCUT2D eigenvalue weighted by Crippen LogP contribution is 2.33. The fraction of sp³-hybridized carbons (Fsp3) is 0.571. The van der Waals surface area contributed by atoms with Crippen molar-refractivity contribution < 1.29 is 4.74 Å².